The third-order valence-corrected chi connectivity index (χ3v) is 5.90. The predicted molar refractivity (Wildman–Crippen MR) is 107 cm³/mol. The lowest BCUT2D eigenvalue weighted by atomic mass is 10.1. The molecule has 0 bridgehead atoms. The quantitative estimate of drug-likeness (QED) is 0.546. The monoisotopic (exact) mass is 430 g/mol. The molecule has 0 N–H and O–H groups in total. The molecule has 4 rings (SSSR count). The molecule has 1 unspecified atom stereocenters. The highest BCUT2D eigenvalue weighted by Crippen LogP contribution is 2.30. The zero-order chi connectivity index (χ0) is 17.8. The maximum Gasteiger partial charge on any atom is 0.196 e. The lowest BCUT2D eigenvalue weighted by molar-refractivity contribution is 0.0315. The van der Waals surface area contributed by atoms with Gasteiger partial charge in [-0.2, -0.15) is 0 Å². The second-order valence-corrected chi connectivity index (χ2v) is 8.06. The van der Waals surface area contributed by atoms with Crippen molar-refractivity contribution < 1.29 is 4.74 Å². The summed E-state index contributed by atoms with van der Waals surface area (Å²) in [5, 5.41) is 9.78. The maximum atomic E-state index is 5.86. The van der Waals surface area contributed by atoms with Crippen LogP contribution < -0.4 is 0 Å². The number of rotatable bonds is 5. The van der Waals surface area contributed by atoms with Crippen LogP contribution in [0.3, 0.4) is 0 Å². The van der Waals surface area contributed by atoms with Crippen molar-refractivity contribution in [3.05, 3.63) is 53.3 Å². The fourth-order valence-electron chi connectivity index (χ4n) is 2.97. The van der Waals surface area contributed by atoms with Crippen molar-refractivity contribution in [1.82, 2.24) is 19.7 Å². The van der Waals surface area contributed by atoms with E-state index in [-0.39, 0.29) is 0 Å². The number of benzene rings is 1. The number of pyridine rings is 1. The first-order chi connectivity index (χ1) is 12.8. The molecule has 5 nitrogen and oxygen atoms in total. The highest BCUT2D eigenvalue weighted by molar-refractivity contribution is 9.10. The van der Waals surface area contributed by atoms with Crippen LogP contribution in [0.4, 0.5) is 0 Å². The van der Waals surface area contributed by atoms with Crippen LogP contribution in [0.15, 0.2) is 58.4 Å². The number of halogens is 1. The van der Waals surface area contributed by atoms with Gasteiger partial charge in [-0.1, -0.05) is 27.7 Å². The zero-order valence-electron chi connectivity index (χ0n) is 14.2. The van der Waals surface area contributed by atoms with Crippen LogP contribution in [0, 0.1) is 0 Å². The summed E-state index contributed by atoms with van der Waals surface area (Å²) in [5.74, 6) is 1.69. The molecule has 3 heterocycles. The summed E-state index contributed by atoms with van der Waals surface area (Å²) in [5.41, 5.74) is 1.98. The lowest BCUT2D eigenvalue weighted by Crippen LogP contribution is -2.21. The molecule has 1 aromatic carbocycles. The number of nitrogens with zero attached hydrogens (tertiary/aromatic N) is 4. The average molecular weight is 431 g/mol. The first kappa shape index (κ1) is 17.7. The molecule has 0 spiro atoms. The predicted octanol–water partition coefficient (Wildman–Crippen LogP) is 4.75. The van der Waals surface area contributed by atoms with Crippen molar-refractivity contribution in [3.63, 3.8) is 0 Å². The highest BCUT2D eigenvalue weighted by Gasteiger charge is 2.19. The van der Waals surface area contributed by atoms with E-state index in [9.17, 15) is 0 Å². The first-order valence-corrected chi connectivity index (χ1v) is 10.5. The standard InChI is InChI=1S/C19H19BrN4OS/c20-15-6-8-16(9-7-15)24-18(14-4-3-10-21-12-14)22-23-19(24)26-13-17-5-1-2-11-25-17/h3-4,6-10,12,17H,1-2,5,11,13H2. The fraction of sp³-hybridized carbons (Fsp3) is 0.316. The molecule has 0 aliphatic carbocycles. The highest BCUT2D eigenvalue weighted by atomic mass is 79.9. The van der Waals surface area contributed by atoms with E-state index in [4.69, 9.17) is 4.74 Å². The summed E-state index contributed by atoms with van der Waals surface area (Å²) in [6.07, 6.45) is 7.41. The Hall–Kier alpha value is -1.70. The minimum Gasteiger partial charge on any atom is -0.377 e. The van der Waals surface area contributed by atoms with E-state index in [1.807, 2.05) is 30.5 Å². The number of aromatic nitrogens is 4. The fourth-order valence-corrected chi connectivity index (χ4v) is 4.26. The summed E-state index contributed by atoms with van der Waals surface area (Å²) >= 11 is 5.20. The Balaban J connectivity index is 1.67. The van der Waals surface area contributed by atoms with Crippen LogP contribution in [-0.4, -0.2) is 38.2 Å². The SMILES string of the molecule is Brc1ccc(-n2c(SCC3CCCCO3)nnc2-c2cccnc2)cc1. The van der Waals surface area contributed by atoms with Crippen molar-refractivity contribution in [1.29, 1.82) is 0 Å². The molecular weight excluding hydrogens is 412 g/mol. The van der Waals surface area contributed by atoms with Crippen LogP contribution in [0.25, 0.3) is 17.1 Å². The largest absolute Gasteiger partial charge is 0.377 e. The number of hydrogen-bond acceptors (Lipinski definition) is 5. The Kier molecular flexibility index (Phi) is 5.67. The zero-order valence-corrected chi connectivity index (χ0v) is 16.6. The number of ether oxygens (including phenoxy) is 1. The Morgan fingerprint density at radius 1 is 1.15 bits per heavy atom. The van der Waals surface area contributed by atoms with Crippen LogP contribution in [-0.2, 0) is 4.74 Å². The second kappa shape index (κ2) is 8.33. The third-order valence-electron chi connectivity index (χ3n) is 4.31. The third kappa shape index (κ3) is 4.00. The lowest BCUT2D eigenvalue weighted by Gasteiger charge is -2.22. The van der Waals surface area contributed by atoms with Gasteiger partial charge in [-0.3, -0.25) is 9.55 Å². The molecule has 1 saturated heterocycles. The van der Waals surface area contributed by atoms with Crippen LogP contribution in [0.2, 0.25) is 0 Å². The second-order valence-electron chi connectivity index (χ2n) is 6.16. The number of thioether (sulfide) groups is 1. The summed E-state index contributed by atoms with van der Waals surface area (Å²) < 4.78 is 9.00. The summed E-state index contributed by atoms with van der Waals surface area (Å²) in [7, 11) is 0. The molecule has 2 aromatic heterocycles. The number of hydrogen-bond donors (Lipinski definition) is 0. The molecule has 7 heteroatoms. The van der Waals surface area contributed by atoms with Gasteiger partial charge in [0, 0.05) is 40.5 Å². The van der Waals surface area contributed by atoms with E-state index in [0.717, 1.165) is 45.5 Å². The van der Waals surface area contributed by atoms with Crippen molar-refractivity contribution in [2.75, 3.05) is 12.4 Å². The summed E-state index contributed by atoms with van der Waals surface area (Å²) in [6, 6.07) is 12.1. The van der Waals surface area contributed by atoms with E-state index < -0.39 is 0 Å². The van der Waals surface area contributed by atoms with Gasteiger partial charge in [0.25, 0.3) is 0 Å². The first-order valence-electron chi connectivity index (χ1n) is 8.67. The van der Waals surface area contributed by atoms with Gasteiger partial charge >= 0.3 is 0 Å². The molecule has 0 saturated carbocycles. The van der Waals surface area contributed by atoms with Gasteiger partial charge in [-0.25, -0.2) is 0 Å². The van der Waals surface area contributed by atoms with Crippen LogP contribution in [0.1, 0.15) is 19.3 Å². The van der Waals surface area contributed by atoms with Crippen molar-refractivity contribution in [2.45, 2.75) is 30.5 Å². The molecule has 1 atom stereocenters. The molecule has 1 fully saturated rings. The molecular formula is C19H19BrN4OS. The smallest absolute Gasteiger partial charge is 0.196 e. The Labute approximate surface area is 165 Å². The minimum absolute atomic E-state index is 0.297. The Bertz CT molecular complexity index is 848. The van der Waals surface area contributed by atoms with Gasteiger partial charge in [-0.15, -0.1) is 10.2 Å². The van der Waals surface area contributed by atoms with Crippen LogP contribution >= 0.6 is 27.7 Å². The van der Waals surface area contributed by atoms with Crippen molar-refractivity contribution in [3.8, 4) is 17.1 Å². The average Bonchev–Trinajstić information content (AvgIpc) is 3.12. The van der Waals surface area contributed by atoms with Gasteiger partial charge < -0.3 is 4.74 Å². The molecule has 3 aromatic rings. The van der Waals surface area contributed by atoms with Gasteiger partial charge in [-0.05, 0) is 55.7 Å². The summed E-state index contributed by atoms with van der Waals surface area (Å²) in [4.78, 5) is 4.22. The van der Waals surface area contributed by atoms with E-state index in [1.165, 1.54) is 12.8 Å². The van der Waals surface area contributed by atoms with Gasteiger partial charge in [0.1, 0.15) is 0 Å². The Morgan fingerprint density at radius 2 is 2.04 bits per heavy atom. The van der Waals surface area contributed by atoms with Gasteiger partial charge in [0.05, 0.1) is 6.10 Å². The molecule has 0 amide bonds. The van der Waals surface area contributed by atoms with Crippen molar-refractivity contribution in [2.24, 2.45) is 0 Å². The van der Waals surface area contributed by atoms with Gasteiger partial charge in [0.15, 0.2) is 11.0 Å². The van der Waals surface area contributed by atoms with E-state index in [1.54, 1.807) is 18.0 Å². The van der Waals surface area contributed by atoms with E-state index in [2.05, 4.69) is 47.8 Å². The van der Waals surface area contributed by atoms with Crippen molar-refractivity contribution >= 4 is 27.7 Å². The van der Waals surface area contributed by atoms with Gasteiger partial charge in [0.2, 0.25) is 0 Å². The minimum atomic E-state index is 0.297. The molecule has 0 radical (unpaired) electrons. The maximum absolute atomic E-state index is 5.86. The molecule has 134 valence electrons. The Morgan fingerprint density at radius 3 is 2.77 bits per heavy atom. The van der Waals surface area contributed by atoms with Crippen LogP contribution in [0.5, 0.6) is 0 Å². The van der Waals surface area contributed by atoms with E-state index in [0.29, 0.717) is 6.10 Å². The summed E-state index contributed by atoms with van der Waals surface area (Å²) in [6.45, 7) is 0.867. The molecule has 1 aliphatic heterocycles. The normalized spacial score (nSPS) is 17.3. The van der Waals surface area contributed by atoms with E-state index >= 15 is 0 Å². The topological polar surface area (TPSA) is 52.8 Å². The molecule has 26 heavy (non-hydrogen) atoms. The molecule has 1 aliphatic rings.